The van der Waals surface area contributed by atoms with Crippen molar-refractivity contribution in [2.24, 2.45) is 0 Å². The number of hydrogen-bond acceptors (Lipinski definition) is 1. The van der Waals surface area contributed by atoms with E-state index >= 15 is 0 Å². The summed E-state index contributed by atoms with van der Waals surface area (Å²) in [6.07, 6.45) is 0. The summed E-state index contributed by atoms with van der Waals surface area (Å²) in [6, 6.07) is 19.5. The average molecular weight is 212 g/mol. The maximum atomic E-state index is 2.26. The van der Waals surface area contributed by atoms with E-state index in [1.165, 1.54) is 22.4 Å². The largest absolute Gasteiger partial charge is 0.151 e. The van der Waals surface area contributed by atoms with E-state index < -0.39 is 0 Å². The first kappa shape index (κ1) is 9.05. The van der Waals surface area contributed by atoms with Crippen LogP contribution in [-0.4, -0.2) is 5.75 Å². The predicted octanol–water partition coefficient (Wildman–Crippen LogP) is 4.14. The van der Waals surface area contributed by atoms with Crippen molar-refractivity contribution in [2.45, 2.75) is 5.25 Å². The second-order valence-electron chi connectivity index (χ2n) is 3.81. The van der Waals surface area contributed by atoms with Crippen molar-refractivity contribution in [3.05, 3.63) is 60.2 Å². The highest BCUT2D eigenvalue weighted by atomic mass is 32.2. The zero-order valence-electron chi connectivity index (χ0n) is 8.39. The molecule has 15 heavy (non-hydrogen) atoms. The molecule has 0 spiro atoms. The van der Waals surface area contributed by atoms with E-state index in [2.05, 4.69) is 54.6 Å². The molecule has 0 N–H and O–H groups in total. The third-order valence-corrected chi connectivity index (χ3v) is 3.66. The van der Waals surface area contributed by atoms with E-state index in [0.717, 1.165) is 5.25 Å². The lowest BCUT2D eigenvalue weighted by atomic mass is 10.0. The fourth-order valence-electron chi connectivity index (χ4n) is 1.76. The molecule has 1 fully saturated rings. The van der Waals surface area contributed by atoms with Crippen LogP contribution in [-0.2, 0) is 0 Å². The van der Waals surface area contributed by atoms with Crippen molar-refractivity contribution in [2.75, 3.05) is 5.75 Å². The van der Waals surface area contributed by atoms with Crippen LogP contribution in [0.5, 0.6) is 0 Å². The summed E-state index contributed by atoms with van der Waals surface area (Å²) < 4.78 is 0. The quantitative estimate of drug-likeness (QED) is 0.674. The van der Waals surface area contributed by atoms with E-state index in [-0.39, 0.29) is 0 Å². The van der Waals surface area contributed by atoms with Gasteiger partial charge in [0.05, 0.1) is 0 Å². The van der Waals surface area contributed by atoms with Crippen molar-refractivity contribution >= 4 is 11.8 Å². The van der Waals surface area contributed by atoms with Gasteiger partial charge in [-0.3, -0.25) is 0 Å². The van der Waals surface area contributed by atoms with Crippen LogP contribution < -0.4 is 0 Å². The number of thioether (sulfide) groups is 1. The summed E-state index contributed by atoms with van der Waals surface area (Å²) in [6.45, 7) is 0. The fraction of sp³-hybridized carbons (Fsp3) is 0.143. The smallest absolute Gasteiger partial charge is 0.0388 e. The summed E-state index contributed by atoms with van der Waals surface area (Å²) in [4.78, 5) is 0. The van der Waals surface area contributed by atoms with Gasteiger partial charge in [0.15, 0.2) is 0 Å². The van der Waals surface area contributed by atoms with Crippen molar-refractivity contribution in [1.82, 2.24) is 0 Å². The molecule has 3 rings (SSSR count). The van der Waals surface area contributed by atoms with Crippen LogP contribution in [0.4, 0.5) is 0 Å². The van der Waals surface area contributed by atoms with Gasteiger partial charge < -0.3 is 0 Å². The molecule has 0 aliphatic carbocycles. The van der Waals surface area contributed by atoms with E-state index in [9.17, 15) is 0 Å². The monoisotopic (exact) mass is 212 g/mol. The van der Waals surface area contributed by atoms with Gasteiger partial charge in [-0.25, -0.2) is 0 Å². The van der Waals surface area contributed by atoms with Gasteiger partial charge in [0.1, 0.15) is 0 Å². The van der Waals surface area contributed by atoms with Crippen LogP contribution in [0.2, 0.25) is 0 Å². The molecule has 0 amide bonds. The summed E-state index contributed by atoms with van der Waals surface area (Å²) in [5.74, 6) is 1.30. The van der Waals surface area contributed by atoms with Gasteiger partial charge in [0.2, 0.25) is 0 Å². The molecule has 1 unspecified atom stereocenters. The Kier molecular flexibility index (Phi) is 2.26. The molecule has 2 aromatic rings. The third kappa shape index (κ3) is 1.93. The average Bonchev–Trinajstić information content (AvgIpc) is 3.15. The number of rotatable bonds is 2. The van der Waals surface area contributed by atoms with E-state index in [1.807, 2.05) is 11.8 Å². The Balaban J connectivity index is 1.93. The van der Waals surface area contributed by atoms with E-state index in [4.69, 9.17) is 0 Å². The molecule has 1 aliphatic heterocycles. The van der Waals surface area contributed by atoms with Gasteiger partial charge in [-0.15, -0.1) is 0 Å². The van der Waals surface area contributed by atoms with Gasteiger partial charge in [-0.2, -0.15) is 11.8 Å². The SMILES string of the molecule is c1ccc(-c2ccc(C3CS3)cc2)cc1. The number of hydrogen-bond donors (Lipinski definition) is 0. The lowest BCUT2D eigenvalue weighted by molar-refractivity contribution is 1.23. The Morgan fingerprint density at radius 3 is 2.00 bits per heavy atom. The molecule has 0 saturated carbocycles. The predicted molar refractivity (Wildman–Crippen MR) is 67.1 cm³/mol. The molecule has 1 aliphatic rings. The molecule has 1 saturated heterocycles. The maximum absolute atomic E-state index is 2.26. The minimum atomic E-state index is 0.773. The molecule has 2 aromatic carbocycles. The van der Waals surface area contributed by atoms with Crippen molar-refractivity contribution in [3.63, 3.8) is 0 Å². The summed E-state index contributed by atoms with van der Waals surface area (Å²) in [5, 5.41) is 0.773. The Labute approximate surface area is 94.3 Å². The summed E-state index contributed by atoms with van der Waals surface area (Å²) >= 11 is 2.02. The Morgan fingerprint density at radius 2 is 1.40 bits per heavy atom. The molecular weight excluding hydrogens is 200 g/mol. The standard InChI is InChI=1S/C14H12S/c1-2-4-11(5-3-1)12-6-8-13(9-7-12)14-10-15-14/h1-9,14H,10H2. The van der Waals surface area contributed by atoms with Crippen LogP contribution in [0.25, 0.3) is 11.1 Å². The summed E-state index contributed by atoms with van der Waals surface area (Å²) in [7, 11) is 0. The first-order valence-corrected chi connectivity index (χ1v) is 6.25. The first-order chi connectivity index (χ1) is 7.43. The normalized spacial score (nSPS) is 18.8. The highest BCUT2D eigenvalue weighted by Gasteiger charge is 2.23. The third-order valence-electron chi connectivity index (χ3n) is 2.72. The van der Waals surface area contributed by atoms with Gasteiger partial charge in [-0.05, 0) is 16.7 Å². The van der Waals surface area contributed by atoms with Crippen LogP contribution in [0.15, 0.2) is 54.6 Å². The molecule has 0 radical (unpaired) electrons. The minimum absolute atomic E-state index is 0.773. The lowest BCUT2D eigenvalue weighted by Crippen LogP contribution is -1.80. The summed E-state index contributed by atoms with van der Waals surface area (Å²) in [5.41, 5.74) is 4.08. The van der Waals surface area contributed by atoms with Crippen LogP contribution >= 0.6 is 11.8 Å². The second kappa shape index (κ2) is 3.74. The Morgan fingerprint density at radius 1 is 0.800 bits per heavy atom. The minimum Gasteiger partial charge on any atom is -0.151 e. The Hall–Kier alpha value is -1.21. The second-order valence-corrected chi connectivity index (χ2v) is 5.05. The topological polar surface area (TPSA) is 0 Å². The van der Waals surface area contributed by atoms with Crippen molar-refractivity contribution < 1.29 is 0 Å². The van der Waals surface area contributed by atoms with Gasteiger partial charge in [0.25, 0.3) is 0 Å². The molecule has 1 atom stereocenters. The van der Waals surface area contributed by atoms with Gasteiger partial charge >= 0.3 is 0 Å². The van der Waals surface area contributed by atoms with Crippen LogP contribution in [0.1, 0.15) is 10.8 Å². The van der Waals surface area contributed by atoms with E-state index in [1.54, 1.807) is 0 Å². The molecule has 1 heteroatoms. The lowest BCUT2D eigenvalue weighted by Gasteiger charge is -2.02. The highest BCUT2D eigenvalue weighted by Crippen LogP contribution is 2.46. The van der Waals surface area contributed by atoms with Crippen molar-refractivity contribution in [1.29, 1.82) is 0 Å². The van der Waals surface area contributed by atoms with Gasteiger partial charge in [0, 0.05) is 11.0 Å². The fourth-order valence-corrected chi connectivity index (χ4v) is 2.40. The molecule has 1 heterocycles. The van der Waals surface area contributed by atoms with Gasteiger partial charge in [-0.1, -0.05) is 54.6 Å². The first-order valence-electron chi connectivity index (χ1n) is 5.20. The molecule has 74 valence electrons. The zero-order valence-corrected chi connectivity index (χ0v) is 9.21. The highest BCUT2D eigenvalue weighted by molar-refractivity contribution is 8.06. The van der Waals surface area contributed by atoms with Crippen molar-refractivity contribution in [3.8, 4) is 11.1 Å². The van der Waals surface area contributed by atoms with Crippen LogP contribution in [0.3, 0.4) is 0 Å². The molecule has 0 nitrogen and oxygen atoms in total. The zero-order chi connectivity index (χ0) is 10.1. The van der Waals surface area contributed by atoms with Crippen LogP contribution in [0, 0.1) is 0 Å². The molecular formula is C14H12S. The molecule has 0 bridgehead atoms. The Bertz CT molecular complexity index is 441. The van der Waals surface area contributed by atoms with E-state index in [0.29, 0.717) is 0 Å². The molecule has 0 aromatic heterocycles. The maximum Gasteiger partial charge on any atom is 0.0388 e. The number of benzene rings is 2.